The highest BCUT2D eigenvalue weighted by Gasteiger charge is 2.11. The van der Waals surface area contributed by atoms with Crippen molar-refractivity contribution in [3.63, 3.8) is 0 Å². The Morgan fingerprint density at radius 3 is 2.95 bits per heavy atom. The van der Waals surface area contributed by atoms with E-state index in [9.17, 15) is 9.59 Å². The quantitative estimate of drug-likeness (QED) is 0.832. The van der Waals surface area contributed by atoms with Gasteiger partial charge in [-0.3, -0.25) is 4.79 Å². The van der Waals surface area contributed by atoms with Crippen LogP contribution in [0, 0.1) is 6.92 Å². The van der Waals surface area contributed by atoms with Gasteiger partial charge in [0, 0.05) is 16.3 Å². The number of carboxylic acids is 1. The maximum Gasteiger partial charge on any atom is 0.328 e. The van der Waals surface area contributed by atoms with Crippen LogP contribution in [0.3, 0.4) is 0 Å². The summed E-state index contributed by atoms with van der Waals surface area (Å²) in [5.41, 5.74) is 3.42. The first-order valence-corrected chi connectivity index (χ1v) is 7.49. The topological polar surface area (TPSA) is 79.3 Å². The molecule has 2 aromatic rings. The molecule has 2 aromatic heterocycles. The largest absolute Gasteiger partial charge is 0.478 e. The predicted octanol–water partition coefficient (Wildman–Crippen LogP) is 2.54. The van der Waals surface area contributed by atoms with Gasteiger partial charge in [0.15, 0.2) is 0 Å². The fourth-order valence-corrected chi connectivity index (χ4v) is 3.06. The molecule has 0 aliphatic heterocycles. The first kappa shape index (κ1) is 14.4. The lowest BCUT2D eigenvalue weighted by molar-refractivity contribution is -0.131. The van der Waals surface area contributed by atoms with E-state index in [0.717, 1.165) is 22.2 Å². The summed E-state index contributed by atoms with van der Waals surface area (Å²) in [6.45, 7) is 2.23. The number of amides is 1. The second-order valence-electron chi connectivity index (χ2n) is 3.99. The van der Waals surface area contributed by atoms with Crippen molar-refractivity contribution < 1.29 is 14.7 Å². The Hall–Kier alpha value is -1.99. The lowest BCUT2D eigenvalue weighted by Crippen LogP contribution is -2.21. The lowest BCUT2D eigenvalue weighted by atomic mass is 10.2. The van der Waals surface area contributed by atoms with Crippen molar-refractivity contribution >= 4 is 40.6 Å². The minimum absolute atomic E-state index is 0.180. The first-order chi connectivity index (χ1) is 9.56. The van der Waals surface area contributed by atoms with Crippen molar-refractivity contribution in [1.29, 1.82) is 0 Å². The Labute approximate surface area is 123 Å². The van der Waals surface area contributed by atoms with E-state index in [2.05, 4.69) is 10.3 Å². The van der Waals surface area contributed by atoms with Crippen LogP contribution >= 0.6 is 22.7 Å². The Kier molecular flexibility index (Phi) is 4.65. The van der Waals surface area contributed by atoms with Crippen LogP contribution in [-0.2, 0) is 11.3 Å². The van der Waals surface area contributed by atoms with Gasteiger partial charge >= 0.3 is 5.97 Å². The number of hydrogen-bond donors (Lipinski definition) is 2. The Bertz CT molecular complexity index is 645. The third-order valence-electron chi connectivity index (χ3n) is 2.47. The molecule has 0 spiro atoms. The monoisotopic (exact) mass is 308 g/mol. The normalized spacial score (nSPS) is 10.8. The van der Waals surface area contributed by atoms with Crippen LogP contribution in [0.2, 0.25) is 0 Å². The van der Waals surface area contributed by atoms with Crippen molar-refractivity contribution in [2.45, 2.75) is 13.5 Å². The molecule has 0 fully saturated rings. The molecule has 0 aliphatic carbocycles. The van der Waals surface area contributed by atoms with Crippen LogP contribution in [0.5, 0.6) is 0 Å². The number of nitrogens with one attached hydrogen (secondary N) is 1. The van der Waals surface area contributed by atoms with E-state index >= 15 is 0 Å². The molecule has 5 nitrogen and oxygen atoms in total. The predicted molar refractivity (Wildman–Crippen MR) is 79.0 cm³/mol. The SMILES string of the molecule is Cc1cc(C(=O)NCc2cscn2)sc1/C=C/C(=O)O. The number of rotatable bonds is 5. The molecule has 1 amide bonds. The number of hydrogen-bond acceptors (Lipinski definition) is 5. The highest BCUT2D eigenvalue weighted by molar-refractivity contribution is 7.15. The van der Waals surface area contributed by atoms with Crippen LogP contribution in [0.25, 0.3) is 6.08 Å². The number of carbonyl (C=O) groups excluding carboxylic acids is 1. The van der Waals surface area contributed by atoms with Gasteiger partial charge in [-0.05, 0) is 24.6 Å². The van der Waals surface area contributed by atoms with E-state index in [-0.39, 0.29) is 5.91 Å². The molecule has 104 valence electrons. The second kappa shape index (κ2) is 6.44. The summed E-state index contributed by atoms with van der Waals surface area (Å²) in [5, 5.41) is 13.3. The maximum atomic E-state index is 12.0. The van der Waals surface area contributed by atoms with Crippen molar-refractivity contribution in [2.24, 2.45) is 0 Å². The average molecular weight is 308 g/mol. The average Bonchev–Trinajstić information content (AvgIpc) is 3.03. The molecule has 2 heterocycles. The number of thiophene rings is 1. The molecule has 0 radical (unpaired) electrons. The van der Waals surface area contributed by atoms with Crippen molar-refractivity contribution in [2.75, 3.05) is 0 Å². The standard InChI is InChI=1S/C13H12N2O3S2/c1-8-4-11(20-10(8)2-3-12(16)17)13(18)14-5-9-6-19-7-15-9/h2-4,6-7H,5H2,1H3,(H,14,18)(H,16,17)/b3-2+. The number of carboxylic acid groups (broad SMARTS) is 1. The number of nitrogens with zero attached hydrogens (tertiary/aromatic N) is 1. The zero-order valence-corrected chi connectivity index (χ0v) is 12.3. The fraction of sp³-hybridized carbons (Fsp3) is 0.154. The third kappa shape index (κ3) is 3.75. The summed E-state index contributed by atoms with van der Waals surface area (Å²) in [6, 6.07) is 1.75. The molecule has 0 bridgehead atoms. The zero-order valence-electron chi connectivity index (χ0n) is 10.6. The third-order valence-corrected chi connectivity index (χ3v) is 4.31. The van der Waals surface area contributed by atoms with E-state index in [1.54, 1.807) is 11.6 Å². The van der Waals surface area contributed by atoms with Gasteiger partial charge in [0.1, 0.15) is 0 Å². The number of thiazole rings is 1. The number of carbonyl (C=O) groups is 2. The molecule has 0 aromatic carbocycles. The van der Waals surface area contributed by atoms with Gasteiger partial charge in [0.25, 0.3) is 5.91 Å². The Morgan fingerprint density at radius 1 is 1.50 bits per heavy atom. The summed E-state index contributed by atoms with van der Waals surface area (Å²) in [6.07, 6.45) is 2.56. The first-order valence-electron chi connectivity index (χ1n) is 5.73. The van der Waals surface area contributed by atoms with Crippen LogP contribution in [0.4, 0.5) is 0 Å². The van der Waals surface area contributed by atoms with Gasteiger partial charge in [0.2, 0.25) is 0 Å². The summed E-state index contributed by atoms with van der Waals surface area (Å²) in [5.74, 6) is -1.19. The molecule has 7 heteroatoms. The van der Waals surface area contributed by atoms with Crippen LogP contribution in [0.1, 0.15) is 25.8 Å². The van der Waals surface area contributed by atoms with Crippen molar-refractivity contribution in [1.82, 2.24) is 10.3 Å². The van der Waals surface area contributed by atoms with Crippen molar-refractivity contribution in [3.05, 3.63) is 44.0 Å². The molecule has 20 heavy (non-hydrogen) atoms. The molecule has 0 unspecified atom stereocenters. The van der Waals surface area contributed by atoms with Crippen molar-refractivity contribution in [3.8, 4) is 0 Å². The Morgan fingerprint density at radius 2 is 2.30 bits per heavy atom. The van der Waals surface area contributed by atoms with Crippen LogP contribution < -0.4 is 5.32 Å². The molecular weight excluding hydrogens is 296 g/mol. The Balaban J connectivity index is 2.03. The van der Waals surface area contributed by atoms with E-state index in [1.165, 1.54) is 28.7 Å². The highest BCUT2D eigenvalue weighted by Crippen LogP contribution is 2.23. The summed E-state index contributed by atoms with van der Waals surface area (Å²) < 4.78 is 0. The minimum atomic E-state index is -1.01. The second-order valence-corrected chi connectivity index (χ2v) is 5.79. The molecule has 0 atom stereocenters. The molecule has 2 N–H and O–H groups in total. The molecular formula is C13H12N2O3S2. The number of aryl methyl sites for hydroxylation is 1. The van der Waals surface area contributed by atoms with Crippen LogP contribution in [-0.4, -0.2) is 22.0 Å². The van der Waals surface area contributed by atoms with Gasteiger partial charge in [-0.15, -0.1) is 22.7 Å². The molecule has 0 saturated heterocycles. The highest BCUT2D eigenvalue weighted by atomic mass is 32.1. The lowest BCUT2D eigenvalue weighted by Gasteiger charge is -1.99. The van der Waals surface area contributed by atoms with Gasteiger partial charge in [0.05, 0.1) is 22.6 Å². The van der Waals surface area contributed by atoms with Crippen LogP contribution in [0.15, 0.2) is 23.0 Å². The maximum absolute atomic E-state index is 12.0. The fourth-order valence-electron chi connectivity index (χ4n) is 1.50. The summed E-state index contributed by atoms with van der Waals surface area (Å²) in [4.78, 5) is 27.9. The van der Waals surface area contributed by atoms with Gasteiger partial charge in [-0.25, -0.2) is 9.78 Å². The van der Waals surface area contributed by atoms with E-state index in [0.29, 0.717) is 11.4 Å². The molecule has 0 aliphatic rings. The molecule has 0 saturated carbocycles. The zero-order chi connectivity index (χ0) is 14.5. The smallest absolute Gasteiger partial charge is 0.328 e. The van der Waals surface area contributed by atoms with Gasteiger partial charge in [-0.1, -0.05) is 0 Å². The van der Waals surface area contributed by atoms with E-state index in [4.69, 9.17) is 5.11 Å². The van der Waals surface area contributed by atoms with E-state index < -0.39 is 5.97 Å². The number of aliphatic carboxylic acids is 1. The van der Waals surface area contributed by atoms with Gasteiger partial charge in [-0.2, -0.15) is 0 Å². The minimum Gasteiger partial charge on any atom is -0.478 e. The van der Waals surface area contributed by atoms with Gasteiger partial charge < -0.3 is 10.4 Å². The van der Waals surface area contributed by atoms with E-state index in [1.807, 2.05) is 12.3 Å². The number of aromatic nitrogens is 1. The summed E-state index contributed by atoms with van der Waals surface area (Å²) in [7, 11) is 0. The summed E-state index contributed by atoms with van der Waals surface area (Å²) >= 11 is 2.75. The molecule has 2 rings (SSSR count).